The van der Waals surface area contributed by atoms with E-state index in [9.17, 15) is 15.2 Å². The number of benzene rings is 2. The molecule has 9 heteroatoms. The molecule has 0 amide bonds. The Morgan fingerprint density at radius 2 is 1.84 bits per heavy atom. The largest absolute Gasteiger partial charge is 0.457 e. The number of likely N-dealkylation sites (tertiary alicyclic amines) is 2. The molecular formula is C29H40N4O5. The van der Waals surface area contributed by atoms with Gasteiger partial charge in [0.1, 0.15) is 11.5 Å². The number of unbranched alkanes of at least 4 members (excludes halogenated alkanes) is 1. The second kappa shape index (κ2) is 13.1. The van der Waals surface area contributed by atoms with Crippen LogP contribution in [-0.4, -0.2) is 65.8 Å². The molecule has 3 atom stereocenters. The minimum atomic E-state index is -1.18. The normalized spacial score (nSPS) is 21.8. The molecule has 2 aliphatic heterocycles. The number of hydrogen-bond acceptors (Lipinski definition) is 8. The summed E-state index contributed by atoms with van der Waals surface area (Å²) >= 11 is 0. The van der Waals surface area contributed by atoms with Gasteiger partial charge in [0.25, 0.3) is 6.20 Å². The first-order valence-corrected chi connectivity index (χ1v) is 13.5. The van der Waals surface area contributed by atoms with Crippen molar-refractivity contribution >= 4 is 0 Å². The van der Waals surface area contributed by atoms with E-state index in [1.807, 2.05) is 59.5 Å². The fraction of sp³-hybridized carbons (Fsp3) is 0.517. The van der Waals surface area contributed by atoms with E-state index in [4.69, 9.17) is 15.2 Å². The average molecular weight is 525 g/mol. The van der Waals surface area contributed by atoms with Crippen LogP contribution in [0.15, 0.2) is 66.6 Å². The molecule has 9 nitrogen and oxygen atoms in total. The number of ether oxygens (including phenoxy) is 2. The summed E-state index contributed by atoms with van der Waals surface area (Å²) in [7, 11) is 1.68. The number of nitrogens with two attached hydrogens (primary N) is 1. The van der Waals surface area contributed by atoms with Gasteiger partial charge in [-0.2, -0.15) is 0 Å². The molecule has 206 valence electrons. The maximum atomic E-state index is 12.5. The monoisotopic (exact) mass is 524 g/mol. The Bertz CT molecular complexity index is 1080. The van der Waals surface area contributed by atoms with Crippen LogP contribution < -0.4 is 10.5 Å². The van der Waals surface area contributed by atoms with Gasteiger partial charge in [-0.3, -0.25) is 10.1 Å². The minimum absolute atomic E-state index is 0.00507. The standard InChI is InChI=1S/C29H40N4O5/c1-37-19-8-7-16-29(34,26-13-5-6-14-27(26)38-25-11-3-2-4-12-25)23-10-9-17-31(20-23)28(22-33(35)36)32-18-15-24(30)21-32/h2-6,11-14,22-24,34H,7-10,15-21,30H2,1H3/t23?,24?,29-/m0/s1. The van der Waals surface area contributed by atoms with Crippen molar-refractivity contribution in [3.05, 3.63) is 82.3 Å². The minimum Gasteiger partial charge on any atom is -0.457 e. The van der Waals surface area contributed by atoms with Crippen LogP contribution in [0.5, 0.6) is 11.5 Å². The first kappa shape index (κ1) is 27.9. The molecule has 0 bridgehead atoms. The number of piperidine rings is 1. The summed E-state index contributed by atoms with van der Waals surface area (Å²) in [5, 5.41) is 24.1. The van der Waals surface area contributed by atoms with Crippen molar-refractivity contribution in [3.63, 3.8) is 0 Å². The summed E-state index contributed by atoms with van der Waals surface area (Å²) in [6.45, 7) is 3.11. The smallest absolute Gasteiger partial charge is 0.274 e. The molecule has 4 rings (SSSR count). The first-order valence-electron chi connectivity index (χ1n) is 13.5. The lowest BCUT2D eigenvalue weighted by Crippen LogP contribution is -2.48. The van der Waals surface area contributed by atoms with E-state index in [1.54, 1.807) is 7.11 Å². The van der Waals surface area contributed by atoms with Crippen LogP contribution in [0.2, 0.25) is 0 Å². The van der Waals surface area contributed by atoms with Gasteiger partial charge in [0.2, 0.25) is 0 Å². The maximum Gasteiger partial charge on any atom is 0.274 e. The van der Waals surface area contributed by atoms with E-state index in [0.29, 0.717) is 56.5 Å². The van der Waals surface area contributed by atoms with Crippen LogP contribution in [0.3, 0.4) is 0 Å². The molecular weight excluding hydrogens is 484 g/mol. The molecule has 2 fully saturated rings. The van der Waals surface area contributed by atoms with Gasteiger partial charge < -0.3 is 30.1 Å². The van der Waals surface area contributed by atoms with Crippen molar-refractivity contribution in [2.45, 2.75) is 50.2 Å². The van der Waals surface area contributed by atoms with Gasteiger partial charge >= 0.3 is 0 Å². The third-order valence-electron chi connectivity index (χ3n) is 7.67. The van der Waals surface area contributed by atoms with Crippen molar-refractivity contribution < 1.29 is 19.5 Å². The molecule has 3 N–H and O–H groups in total. The second-order valence-electron chi connectivity index (χ2n) is 10.3. The Kier molecular flexibility index (Phi) is 9.60. The highest BCUT2D eigenvalue weighted by Gasteiger charge is 2.43. The van der Waals surface area contributed by atoms with Crippen molar-refractivity contribution in [3.8, 4) is 11.5 Å². The molecule has 2 heterocycles. The molecule has 0 saturated carbocycles. The van der Waals surface area contributed by atoms with E-state index in [1.165, 1.54) is 0 Å². The molecule has 0 radical (unpaired) electrons. The lowest BCUT2D eigenvalue weighted by Gasteiger charge is -2.45. The van der Waals surface area contributed by atoms with E-state index >= 15 is 0 Å². The molecule has 2 unspecified atom stereocenters. The fourth-order valence-corrected chi connectivity index (χ4v) is 5.76. The zero-order valence-corrected chi connectivity index (χ0v) is 22.2. The Labute approximate surface area is 225 Å². The van der Waals surface area contributed by atoms with Gasteiger partial charge in [-0.05, 0) is 56.7 Å². The maximum absolute atomic E-state index is 12.5. The highest BCUT2D eigenvalue weighted by molar-refractivity contribution is 5.42. The zero-order chi connectivity index (χ0) is 27.0. The predicted octanol–water partition coefficient (Wildman–Crippen LogP) is 4.30. The lowest BCUT2D eigenvalue weighted by molar-refractivity contribution is -0.405. The van der Waals surface area contributed by atoms with Gasteiger partial charge in [-0.25, -0.2) is 0 Å². The molecule has 0 spiro atoms. The first-order chi connectivity index (χ1) is 18.4. The van der Waals surface area contributed by atoms with Crippen LogP contribution in [0.25, 0.3) is 0 Å². The van der Waals surface area contributed by atoms with Crippen LogP contribution in [0, 0.1) is 16.0 Å². The van der Waals surface area contributed by atoms with E-state index in [-0.39, 0.29) is 16.9 Å². The third-order valence-corrected chi connectivity index (χ3v) is 7.67. The van der Waals surface area contributed by atoms with Gasteiger partial charge in [0.05, 0.1) is 10.5 Å². The van der Waals surface area contributed by atoms with Crippen molar-refractivity contribution in [2.24, 2.45) is 11.7 Å². The molecule has 38 heavy (non-hydrogen) atoms. The predicted molar refractivity (Wildman–Crippen MR) is 146 cm³/mol. The third kappa shape index (κ3) is 6.83. The SMILES string of the molecule is COCCCC[C@@](O)(c1ccccc1Oc1ccccc1)C1CCCN(C(=C[N+](=O)[O-])N2CCC(N)C2)C1. The molecule has 2 aromatic carbocycles. The number of nitro groups is 1. The number of nitrogens with zero attached hydrogens (tertiary/aromatic N) is 3. The Hall–Kier alpha value is -3.14. The van der Waals surface area contributed by atoms with E-state index in [0.717, 1.165) is 43.9 Å². The van der Waals surface area contributed by atoms with Crippen LogP contribution in [0.1, 0.15) is 44.1 Å². The molecule has 2 saturated heterocycles. The lowest BCUT2D eigenvalue weighted by atomic mass is 9.73. The molecule has 0 aliphatic carbocycles. The van der Waals surface area contributed by atoms with Gasteiger partial charge in [-0.15, -0.1) is 0 Å². The highest BCUT2D eigenvalue weighted by atomic mass is 16.6. The molecule has 2 aliphatic rings. The summed E-state index contributed by atoms with van der Waals surface area (Å²) in [5.41, 5.74) is 5.70. The topological polar surface area (TPSA) is 114 Å². The summed E-state index contributed by atoms with van der Waals surface area (Å²) in [6, 6.07) is 17.2. The van der Waals surface area contributed by atoms with Gasteiger partial charge in [0.15, 0.2) is 5.82 Å². The van der Waals surface area contributed by atoms with Gasteiger partial charge in [0, 0.05) is 57.4 Å². The quantitative estimate of drug-likeness (QED) is 0.240. The van der Waals surface area contributed by atoms with E-state index < -0.39 is 5.60 Å². The van der Waals surface area contributed by atoms with Crippen LogP contribution in [-0.2, 0) is 10.3 Å². The Morgan fingerprint density at radius 1 is 1.11 bits per heavy atom. The Morgan fingerprint density at radius 3 is 2.55 bits per heavy atom. The van der Waals surface area contributed by atoms with E-state index in [2.05, 4.69) is 4.90 Å². The van der Waals surface area contributed by atoms with Crippen LogP contribution >= 0.6 is 0 Å². The van der Waals surface area contributed by atoms with Crippen molar-refractivity contribution in [1.82, 2.24) is 9.80 Å². The summed E-state index contributed by atoms with van der Waals surface area (Å²) in [5.74, 6) is 1.76. The summed E-state index contributed by atoms with van der Waals surface area (Å²) in [4.78, 5) is 15.3. The van der Waals surface area contributed by atoms with Gasteiger partial charge in [-0.1, -0.05) is 36.4 Å². The highest BCUT2D eigenvalue weighted by Crippen LogP contribution is 2.45. The number of aliphatic hydroxyl groups is 1. The fourth-order valence-electron chi connectivity index (χ4n) is 5.76. The number of para-hydroxylation sites is 2. The average Bonchev–Trinajstić information content (AvgIpc) is 3.36. The molecule has 2 aromatic rings. The number of hydrogen-bond donors (Lipinski definition) is 2. The summed E-state index contributed by atoms with van der Waals surface area (Å²) < 4.78 is 11.5. The van der Waals surface area contributed by atoms with Crippen molar-refractivity contribution in [1.29, 1.82) is 0 Å². The zero-order valence-electron chi connectivity index (χ0n) is 22.2. The van der Waals surface area contributed by atoms with Crippen LogP contribution in [0.4, 0.5) is 0 Å². The second-order valence-corrected chi connectivity index (χ2v) is 10.3. The summed E-state index contributed by atoms with van der Waals surface area (Å²) in [6.07, 6.45) is 5.68. The number of methoxy groups -OCH3 is 1. The number of rotatable bonds is 12. The van der Waals surface area contributed by atoms with Crippen molar-refractivity contribution in [2.75, 3.05) is 39.9 Å². The molecule has 0 aromatic heterocycles. The Balaban J connectivity index is 1.65.